The van der Waals surface area contributed by atoms with E-state index >= 15 is 0 Å². The van der Waals surface area contributed by atoms with E-state index in [9.17, 15) is 4.79 Å². The van der Waals surface area contributed by atoms with E-state index in [0.717, 1.165) is 17.0 Å². The zero-order valence-electron chi connectivity index (χ0n) is 15.7. The molecule has 1 unspecified atom stereocenters. The summed E-state index contributed by atoms with van der Waals surface area (Å²) in [5.41, 5.74) is 1.89. The zero-order chi connectivity index (χ0) is 18.8. The van der Waals surface area contributed by atoms with Gasteiger partial charge >= 0.3 is 0 Å². The third-order valence-corrected chi connectivity index (χ3v) is 3.69. The molecular formula is C21H28N2O3. The molecule has 0 aliphatic heterocycles. The van der Waals surface area contributed by atoms with Crippen LogP contribution in [-0.2, 0) is 16.1 Å². The van der Waals surface area contributed by atoms with Crippen molar-refractivity contribution in [3.05, 3.63) is 60.2 Å². The van der Waals surface area contributed by atoms with Crippen LogP contribution in [0.2, 0.25) is 0 Å². The van der Waals surface area contributed by atoms with Crippen molar-refractivity contribution in [3.63, 3.8) is 0 Å². The van der Waals surface area contributed by atoms with Gasteiger partial charge in [0, 0.05) is 25.2 Å². The minimum atomic E-state index is -0.0900. The van der Waals surface area contributed by atoms with Crippen molar-refractivity contribution in [1.82, 2.24) is 5.32 Å². The molecule has 2 rings (SSSR count). The molecule has 1 atom stereocenters. The molecule has 0 bridgehead atoms. The summed E-state index contributed by atoms with van der Waals surface area (Å²) in [7, 11) is 0. The largest absolute Gasteiger partial charge is 0.491 e. The summed E-state index contributed by atoms with van der Waals surface area (Å²) in [4.78, 5) is 11.1. The van der Waals surface area contributed by atoms with Gasteiger partial charge in [0.05, 0.1) is 6.61 Å². The van der Waals surface area contributed by atoms with Crippen molar-refractivity contribution < 1.29 is 14.3 Å². The minimum absolute atomic E-state index is 0.0624. The maximum Gasteiger partial charge on any atom is 0.221 e. The lowest BCUT2D eigenvalue weighted by molar-refractivity contribution is -0.114. The van der Waals surface area contributed by atoms with Crippen LogP contribution < -0.4 is 15.4 Å². The first-order valence-electron chi connectivity index (χ1n) is 8.92. The highest BCUT2D eigenvalue weighted by molar-refractivity contribution is 5.88. The Labute approximate surface area is 155 Å². The van der Waals surface area contributed by atoms with E-state index in [1.807, 2.05) is 42.5 Å². The third kappa shape index (κ3) is 7.68. The Bertz CT molecular complexity index is 657. The Morgan fingerprint density at radius 3 is 2.35 bits per heavy atom. The molecule has 0 radical (unpaired) electrons. The average Bonchev–Trinajstić information content (AvgIpc) is 2.62. The van der Waals surface area contributed by atoms with Crippen LogP contribution in [0, 0.1) is 0 Å². The fourth-order valence-electron chi connectivity index (χ4n) is 2.35. The second kappa shape index (κ2) is 10.6. The van der Waals surface area contributed by atoms with E-state index in [-0.39, 0.29) is 12.0 Å². The van der Waals surface area contributed by atoms with E-state index < -0.39 is 0 Å². The molecule has 0 heterocycles. The summed E-state index contributed by atoms with van der Waals surface area (Å²) in [5.74, 6) is 0.657. The standard InChI is InChI=1S/C21H28N2O3/c1-16(2)22-13-21(25-14-18-7-5-4-6-8-18)15-26-20-11-9-19(10-12-20)23-17(3)24/h4-12,16,21-22H,13-15H2,1-3H3,(H,23,24). The van der Waals surface area contributed by atoms with Gasteiger partial charge in [0.15, 0.2) is 0 Å². The van der Waals surface area contributed by atoms with E-state index in [0.29, 0.717) is 25.8 Å². The number of rotatable bonds is 10. The fraction of sp³-hybridized carbons (Fsp3) is 0.381. The summed E-state index contributed by atoms with van der Waals surface area (Å²) in [6.45, 7) is 7.42. The molecule has 2 N–H and O–H groups in total. The number of nitrogens with one attached hydrogen (secondary N) is 2. The first kappa shape index (κ1) is 19.9. The summed E-state index contributed by atoms with van der Waals surface area (Å²) < 4.78 is 11.9. The van der Waals surface area contributed by atoms with Crippen LogP contribution in [0.5, 0.6) is 5.75 Å². The third-order valence-electron chi connectivity index (χ3n) is 3.69. The molecule has 2 aromatic rings. The van der Waals surface area contributed by atoms with E-state index in [1.54, 1.807) is 0 Å². The highest BCUT2D eigenvalue weighted by Crippen LogP contribution is 2.16. The summed E-state index contributed by atoms with van der Waals surface area (Å²) in [5, 5.41) is 6.14. The SMILES string of the molecule is CC(=O)Nc1ccc(OCC(CNC(C)C)OCc2ccccc2)cc1. The number of hydrogen-bond acceptors (Lipinski definition) is 4. The van der Waals surface area contributed by atoms with Crippen LogP contribution in [0.25, 0.3) is 0 Å². The van der Waals surface area contributed by atoms with E-state index in [2.05, 4.69) is 36.6 Å². The highest BCUT2D eigenvalue weighted by atomic mass is 16.5. The Balaban J connectivity index is 1.87. The van der Waals surface area contributed by atoms with E-state index in [4.69, 9.17) is 9.47 Å². The van der Waals surface area contributed by atoms with E-state index in [1.165, 1.54) is 6.92 Å². The predicted molar refractivity (Wildman–Crippen MR) is 104 cm³/mol. The van der Waals surface area contributed by atoms with Gasteiger partial charge in [-0.05, 0) is 29.8 Å². The second-order valence-electron chi connectivity index (χ2n) is 6.50. The van der Waals surface area contributed by atoms with Gasteiger partial charge in [-0.25, -0.2) is 0 Å². The number of ether oxygens (including phenoxy) is 2. The Morgan fingerprint density at radius 2 is 1.73 bits per heavy atom. The monoisotopic (exact) mass is 356 g/mol. The maximum atomic E-state index is 11.1. The molecule has 0 saturated carbocycles. The van der Waals surface area contributed by atoms with Crippen molar-refractivity contribution in [2.45, 2.75) is 39.5 Å². The minimum Gasteiger partial charge on any atom is -0.491 e. The Hall–Kier alpha value is -2.37. The molecule has 0 aliphatic rings. The number of anilines is 1. The summed E-state index contributed by atoms with van der Waals surface area (Å²) in [6.07, 6.45) is -0.0624. The Morgan fingerprint density at radius 1 is 1.04 bits per heavy atom. The van der Waals surface area contributed by atoms with Crippen molar-refractivity contribution in [3.8, 4) is 5.75 Å². The van der Waals surface area contributed by atoms with Crippen LogP contribution in [0.1, 0.15) is 26.3 Å². The highest BCUT2D eigenvalue weighted by Gasteiger charge is 2.11. The van der Waals surface area contributed by atoms with Crippen molar-refractivity contribution in [2.24, 2.45) is 0 Å². The summed E-state index contributed by atoms with van der Waals surface area (Å²) >= 11 is 0. The lowest BCUT2D eigenvalue weighted by Gasteiger charge is -2.20. The number of carbonyl (C=O) groups excluding carboxylic acids is 1. The molecule has 140 valence electrons. The first-order valence-corrected chi connectivity index (χ1v) is 8.92. The molecule has 0 saturated heterocycles. The molecule has 5 nitrogen and oxygen atoms in total. The molecule has 1 amide bonds. The zero-order valence-corrected chi connectivity index (χ0v) is 15.7. The fourth-order valence-corrected chi connectivity index (χ4v) is 2.35. The van der Waals surface area contributed by atoms with Gasteiger partial charge in [-0.15, -0.1) is 0 Å². The maximum absolute atomic E-state index is 11.1. The van der Waals surface area contributed by atoms with Crippen molar-refractivity contribution in [1.29, 1.82) is 0 Å². The van der Waals surface area contributed by atoms with Gasteiger partial charge in [0.2, 0.25) is 5.91 Å². The average molecular weight is 356 g/mol. The topological polar surface area (TPSA) is 59.6 Å². The molecule has 2 aromatic carbocycles. The number of amides is 1. The van der Waals surface area contributed by atoms with Gasteiger partial charge in [-0.1, -0.05) is 44.2 Å². The number of benzene rings is 2. The smallest absolute Gasteiger partial charge is 0.221 e. The molecule has 0 fully saturated rings. The van der Waals surface area contributed by atoms with Crippen LogP contribution in [-0.4, -0.2) is 31.2 Å². The lowest BCUT2D eigenvalue weighted by atomic mass is 10.2. The van der Waals surface area contributed by atoms with Crippen LogP contribution in [0.4, 0.5) is 5.69 Å². The molecular weight excluding hydrogens is 328 g/mol. The predicted octanol–water partition coefficient (Wildman–Crippen LogP) is 3.61. The van der Waals surface area contributed by atoms with Gasteiger partial charge in [-0.3, -0.25) is 4.79 Å². The Kier molecular flexibility index (Phi) is 8.12. The molecule has 5 heteroatoms. The lowest BCUT2D eigenvalue weighted by Crippen LogP contribution is -2.37. The quantitative estimate of drug-likeness (QED) is 0.683. The van der Waals surface area contributed by atoms with Gasteiger partial charge in [0.1, 0.15) is 18.5 Å². The van der Waals surface area contributed by atoms with Gasteiger partial charge in [-0.2, -0.15) is 0 Å². The molecule has 0 spiro atoms. The second-order valence-corrected chi connectivity index (χ2v) is 6.50. The van der Waals surface area contributed by atoms with Crippen molar-refractivity contribution >= 4 is 11.6 Å². The summed E-state index contributed by atoms with van der Waals surface area (Å²) in [6, 6.07) is 17.8. The molecule has 0 aromatic heterocycles. The van der Waals surface area contributed by atoms with Crippen molar-refractivity contribution in [2.75, 3.05) is 18.5 Å². The van der Waals surface area contributed by atoms with Crippen LogP contribution in [0.15, 0.2) is 54.6 Å². The number of carbonyl (C=O) groups is 1. The normalized spacial score (nSPS) is 12.0. The molecule has 0 aliphatic carbocycles. The van der Waals surface area contributed by atoms with Crippen LogP contribution in [0.3, 0.4) is 0 Å². The van der Waals surface area contributed by atoms with Gasteiger partial charge in [0.25, 0.3) is 0 Å². The van der Waals surface area contributed by atoms with Crippen LogP contribution >= 0.6 is 0 Å². The first-order chi connectivity index (χ1) is 12.5. The number of hydrogen-bond donors (Lipinski definition) is 2. The molecule has 26 heavy (non-hydrogen) atoms. The van der Waals surface area contributed by atoms with Gasteiger partial charge < -0.3 is 20.1 Å².